The third kappa shape index (κ3) is 2.85. The molecule has 0 radical (unpaired) electrons. The van der Waals surface area contributed by atoms with Gasteiger partial charge in [-0.2, -0.15) is 0 Å². The Hall–Kier alpha value is -2.26. The molecule has 4 rings (SSSR count). The molecule has 0 N–H and O–H groups in total. The van der Waals surface area contributed by atoms with Gasteiger partial charge >= 0.3 is 5.97 Å². The van der Waals surface area contributed by atoms with Crippen molar-refractivity contribution in [2.75, 3.05) is 19.1 Å². The number of allylic oxidation sites excluding steroid dienone is 1. The third-order valence-electron chi connectivity index (χ3n) is 6.45. The van der Waals surface area contributed by atoms with Crippen LogP contribution in [0.15, 0.2) is 54.6 Å². The molecule has 0 heterocycles. The second kappa shape index (κ2) is 6.72. The van der Waals surface area contributed by atoms with E-state index in [0.29, 0.717) is 5.02 Å². The average Bonchev–Trinajstić information content (AvgIpc) is 3.06. The van der Waals surface area contributed by atoms with Gasteiger partial charge in [0.15, 0.2) is 0 Å². The second-order valence-electron chi connectivity index (χ2n) is 7.64. The maximum absolute atomic E-state index is 12.9. The van der Waals surface area contributed by atoms with Gasteiger partial charge in [0, 0.05) is 23.2 Å². The van der Waals surface area contributed by atoms with Crippen molar-refractivity contribution in [3.05, 3.63) is 70.8 Å². The van der Waals surface area contributed by atoms with Crippen LogP contribution in [0.5, 0.6) is 0 Å². The van der Waals surface area contributed by atoms with E-state index >= 15 is 0 Å². The van der Waals surface area contributed by atoms with E-state index in [4.69, 9.17) is 16.3 Å². The number of likely N-dealkylation sites (N-methyl/N-ethyl adjacent to an activating group) is 1. The van der Waals surface area contributed by atoms with Gasteiger partial charge in [0.05, 0.1) is 7.11 Å². The van der Waals surface area contributed by atoms with Crippen LogP contribution in [0, 0.1) is 0 Å². The summed E-state index contributed by atoms with van der Waals surface area (Å²) in [6, 6.07) is 16.2. The molecule has 0 amide bonds. The number of rotatable bonds is 3. The van der Waals surface area contributed by atoms with Gasteiger partial charge in [0.25, 0.3) is 0 Å². The van der Waals surface area contributed by atoms with E-state index in [1.165, 1.54) is 18.2 Å². The number of hydrogen-bond acceptors (Lipinski definition) is 3. The minimum atomic E-state index is -0.671. The van der Waals surface area contributed by atoms with Crippen LogP contribution in [0.3, 0.4) is 0 Å². The summed E-state index contributed by atoms with van der Waals surface area (Å²) in [6.07, 6.45) is 7.86. The monoisotopic (exact) mass is 381 g/mol. The van der Waals surface area contributed by atoms with Gasteiger partial charge in [-0.15, -0.1) is 0 Å². The smallest absolute Gasteiger partial charge is 0.331 e. The normalized spacial score (nSPS) is 26.0. The molecule has 2 aromatic carbocycles. The van der Waals surface area contributed by atoms with Crippen molar-refractivity contribution in [1.82, 2.24) is 0 Å². The molecule has 0 aliphatic heterocycles. The number of carbonyl (C=O) groups is 1. The Kier molecular flexibility index (Phi) is 4.51. The quantitative estimate of drug-likeness (QED) is 0.682. The summed E-state index contributed by atoms with van der Waals surface area (Å²) in [5.74, 6) is -0.171. The summed E-state index contributed by atoms with van der Waals surface area (Å²) < 4.78 is 5.25. The number of halogens is 1. The van der Waals surface area contributed by atoms with Crippen LogP contribution in [0.4, 0.5) is 5.69 Å². The molecule has 0 aromatic heterocycles. The Bertz CT molecular complexity index is 897. The second-order valence-corrected chi connectivity index (χ2v) is 8.08. The molecule has 140 valence electrons. The molecule has 0 atom stereocenters. The Morgan fingerprint density at radius 1 is 1.07 bits per heavy atom. The van der Waals surface area contributed by atoms with E-state index in [-0.39, 0.29) is 11.4 Å². The van der Waals surface area contributed by atoms with Crippen LogP contribution in [0.1, 0.15) is 36.8 Å². The SMILES string of the molecule is COC(=O)C1(N(C)c2cccc(Cl)c2)CCC2(C=Cc3ccccc32)CC1. The lowest BCUT2D eigenvalue weighted by atomic mass is 9.64. The van der Waals surface area contributed by atoms with Crippen molar-refractivity contribution < 1.29 is 9.53 Å². The fraction of sp³-hybridized carbons (Fsp3) is 0.348. The fourth-order valence-electron chi connectivity index (χ4n) is 4.78. The molecule has 2 aliphatic carbocycles. The zero-order valence-electron chi connectivity index (χ0n) is 15.7. The molecule has 2 aromatic rings. The molecule has 0 bridgehead atoms. The maximum Gasteiger partial charge on any atom is 0.331 e. The highest BCUT2D eigenvalue weighted by Gasteiger charge is 2.51. The molecule has 0 saturated heterocycles. The van der Waals surface area contributed by atoms with Crippen LogP contribution in [-0.2, 0) is 14.9 Å². The predicted octanol–water partition coefficient (Wildman–Crippen LogP) is 5.23. The first kappa shape index (κ1) is 18.1. The molecule has 1 fully saturated rings. The number of carbonyl (C=O) groups excluding carboxylic acids is 1. The number of benzene rings is 2. The van der Waals surface area contributed by atoms with E-state index in [9.17, 15) is 4.79 Å². The van der Waals surface area contributed by atoms with Crippen LogP contribution in [-0.4, -0.2) is 25.7 Å². The van der Waals surface area contributed by atoms with Gasteiger partial charge in [-0.05, 0) is 55.0 Å². The van der Waals surface area contributed by atoms with Crippen LogP contribution < -0.4 is 4.90 Å². The van der Waals surface area contributed by atoms with Gasteiger partial charge in [-0.25, -0.2) is 4.79 Å². The summed E-state index contributed by atoms with van der Waals surface area (Å²) in [5.41, 5.74) is 2.98. The summed E-state index contributed by atoms with van der Waals surface area (Å²) in [4.78, 5) is 15.0. The molecule has 1 saturated carbocycles. The third-order valence-corrected chi connectivity index (χ3v) is 6.69. The standard InChI is InChI=1S/C23H24ClNO2/c1-25(19-8-5-7-18(24)16-19)23(21(26)27-2)14-12-22(13-15-23)11-10-17-6-3-4-9-20(17)22/h3-11,16H,12-15H2,1-2H3. The lowest BCUT2D eigenvalue weighted by Crippen LogP contribution is -2.57. The summed E-state index contributed by atoms with van der Waals surface area (Å²) in [5, 5.41) is 0.666. The number of methoxy groups -OCH3 is 1. The number of esters is 1. The van der Waals surface area contributed by atoms with Crippen molar-refractivity contribution >= 4 is 29.3 Å². The molecular weight excluding hydrogens is 358 g/mol. The van der Waals surface area contributed by atoms with Gasteiger partial charge in [-0.1, -0.05) is 54.1 Å². The highest BCUT2D eigenvalue weighted by Crippen LogP contribution is 2.51. The van der Waals surface area contributed by atoms with E-state index < -0.39 is 5.54 Å². The molecule has 1 spiro atoms. The first-order chi connectivity index (χ1) is 13.0. The van der Waals surface area contributed by atoms with E-state index in [2.05, 4.69) is 41.3 Å². The van der Waals surface area contributed by atoms with Crippen molar-refractivity contribution in [2.24, 2.45) is 0 Å². The Balaban J connectivity index is 1.67. The lowest BCUT2D eigenvalue weighted by Gasteiger charge is -2.48. The van der Waals surface area contributed by atoms with Gasteiger partial charge in [0.2, 0.25) is 0 Å². The number of ether oxygens (including phenoxy) is 1. The number of nitrogens with zero attached hydrogens (tertiary/aromatic N) is 1. The van der Waals surface area contributed by atoms with Gasteiger partial charge < -0.3 is 9.64 Å². The van der Waals surface area contributed by atoms with Crippen molar-refractivity contribution in [3.8, 4) is 0 Å². The molecule has 4 heteroatoms. The Labute approximate surface area is 165 Å². The largest absolute Gasteiger partial charge is 0.467 e. The summed E-state index contributed by atoms with van der Waals surface area (Å²) >= 11 is 6.19. The molecule has 2 aliphatic rings. The Morgan fingerprint density at radius 3 is 2.52 bits per heavy atom. The summed E-state index contributed by atoms with van der Waals surface area (Å²) in [7, 11) is 3.45. The van der Waals surface area contributed by atoms with E-state index in [0.717, 1.165) is 31.4 Å². The number of anilines is 1. The minimum absolute atomic E-state index is 0.0310. The van der Waals surface area contributed by atoms with E-state index in [1.54, 1.807) is 0 Å². The Morgan fingerprint density at radius 2 is 1.81 bits per heavy atom. The van der Waals surface area contributed by atoms with Crippen molar-refractivity contribution in [1.29, 1.82) is 0 Å². The van der Waals surface area contributed by atoms with Crippen LogP contribution in [0.2, 0.25) is 5.02 Å². The zero-order valence-corrected chi connectivity index (χ0v) is 16.5. The fourth-order valence-corrected chi connectivity index (χ4v) is 4.96. The van der Waals surface area contributed by atoms with Crippen LogP contribution >= 0.6 is 11.6 Å². The highest BCUT2D eigenvalue weighted by molar-refractivity contribution is 6.30. The number of fused-ring (bicyclic) bond motifs is 2. The molecule has 3 nitrogen and oxygen atoms in total. The molecule has 27 heavy (non-hydrogen) atoms. The van der Waals surface area contributed by atoms with Gasteiger partial charge in [-0.3, -0.25) is 0 Å². The first-order valence-electron chi connectivity index (χ1n) is 9.37. The minimum Gasteiger partial charge on any atom is -0.467 e. The molecular formula is C23H24ClNO2. The van der Waals surface area contributed by atoms with Crippen molar-refractivity contribution in [2.45, 2.75) is 36.6 Å². The highest BCUT2D eigenvalue weighted by atomic mass is 35.5. The lowest BCUT2D eigenvalue weighted by molar-refractivity contribution is -0.148. The summed E-state index contributed by atoms with van der Waals surface area (Å²) in [6.45, 7) is 0. The van der Waals surface area contributed by atoms with Gasteiger partial charge in [0.1, 0.15) is 5.54 Å². The predicted molar refractivity (Wildman–Crippen MR) is 110 cm³/mol. The van der Waals surface area contributed by atoms with Crippen molar-refractivity contribution in [3.63, 3.8) is 0 Å². The number of hydrogen-bond donors (Lipinski definition) is 0. The molecule has 0 unspecified atom stereocenters. The maximum atomic E-state index is 12.9. The first-order valence-corrected chi connectivity index (χ1v) is 9.75. The zero-order chi connectivity index (χ0) is 19.1. The van der Waals surface area contributed by atoms with Crippen LogP contribution in [0.25, 0.3) is 6.08 Å². The topological polar surface area (TPSA) is 29.5 Å². The van der Waals surface area contributed by atoms with E-state index in [1.807, 2.05) is 31.3 Å². The average molecular weight is 382 g/mol.